The molecular formula is C20H28N4O2S. The molecule has 27 heavy (non-hydrogen) atoms. The van der Waals surface area contributed by atoms with Gasteiger partial charge >= 0.3 is 0 Å². The van der Waals surface area contributed by atoms with Crippen molar-refractivity contribution in [3.8, 4) is 11.5 Å². The van der Waals surface area contributed by atoms with Crippen molar-refractivity contribution in [3.63, 3.8) is 0 Å². The molecule has 1 fully saturated rings. The van der Waals surface area contributed by atoms with Crippen LogP contribution in [-0.4, -0.2) is 46.4 Å². The van der Waals surface area contributed by atoms with E-state index in [0.29, 0.717) is 12.6 Å². The smallest absolute Gasteiger partial charge is 0.191 e. The number of benzene rings is 1. The molecule has 1 aliphatic rings. The highest BCUT2D eigenvalue weighted by atomic mass is 32.1. The highest BCUT2D eigenvalue weighted by molar-refractivity contribution is 7.14. The highest BCUT2D eigenvalue weighted by Gasteiger charge is 2.20. The van der Waals surface area contributed by atoms with Crippen molar-refractivity contribution >= 4 is 22.3 Å². The number of hydrogen-bond acceptors (Lipinski definition) is 5. The number of nitrogens with zero attached hydrogens (tertiary/aromatic N) is 2. The minimum Gasteiger partial charge on any atom is -0.497 e. The maximum atomic E-state index is 5.47. The van der Waals surface area contributed by atoms with Crippen molar-refractivity contribution in [3.05, 3.63) is 41.3 Å². The Balaban J connectivity index is 1.50. The summed E-state index contributed by atoms with van der Waals surface area (Å²) >= 11 is 1.81. The van der Waals surface area contributed by atoms with E-state index in [2.05, 4.69) is 38.0 Å². The summed E-state index contributed by atoms with van der Waals surface area (Å²) in [7, 11) is 5.14. The van der Waals surface area contributed by atoms with E-state index >= 15 is 0 Å². The number of nitrogens with one attached hydrogen (secondary N) is 2. The molecule has 0 atom stereocenters. The molecule has 0 bridgehead atoms. The first-order chi connectivity index (χ1) is 13.2. The first kappa shape index (κ1) is 19.4. The fourth-order valence-corrected chi connectivity index (χ4v) is 4.04. The molecule has 2 heterocycles. The van der Waals surface area contributed by atoms with E-state index in [1.165, 1.54) is 5.00 Å². The molecule has 0 amide bonds. The van der Waals surface area contributed by atoms with Crippen LogP contribution in [0.3, 0.4) is 0 Å². The van der Waals surface area contributed by atoms with Gasteiger partial charge in [0.25, 0.3) is 0 Å². The molecule has 0 unspecified atom stereocenters. The minimum absolute atomic E-state index is 0.435. The molecule has 0 spiro atoms. The van der Waals surface area contributed by atoms with Crippen LogP contribution < -0.4 is 25.0 Å². The van der Waals surface area contributed by atoms with Crippen LogP contribution >= 0.6 is 11.3 Å². The second-order valence-electron chi connectivity index (χ2n) is 6.46. The molecule has 0 radical (unpaired) electrons. The lowest BCUT2D eigenvalue weighted by Gasteiger charge is -2.33. The molecule has 6 nitrogen and oxygen atoms in total. The van der Waals surface area contributed by atoms with Crippen molar-refractivity contribution in [2.24, 2.45) is 4.99 Å². The number of methoxy groups -OCH3 is 2. The van der Waals surface area contributed by atoms with Crippen molar-refractivity contribution < 1.29 is 9.47 Å². The van der Waals surface area contributed by atoms with Gasteiger partial charge in [-0.05, 0) is 42.5 Å². The van der Waals surface area contributed by atoms with Gasteiger partial charge in [-0.15, -0.1) is 11.3 Å². The van der Waals surface area contributed by atoms with E-state index in [4.69, 9.17) is 9.47 Å². The summed E-state index contributed by atoms with van der Waals surface area (Å²) in [6.07, 6.45) is 2.20. The number of anilines is 1. The Kier molecular flexibility index (Phi) is 6.81. The molecule has 146 valence electrons. The molecule has 1 aliphatic heterocycles. The van der Waals surface area contributed by atoms with Gasteiger partial charge in [0.15, 0.2) is 5.96 Å². The van der Waals surface area contributed by atoms with Gasteiger partial charge < -0.3 is 25.0 Å². The molecule has 2 aromatic rings. The third-order valence-corrected chi connectivity index (χ3v) is 5.75. The molecule has 0 saturated carbocycles. The maximum absolute atomic E-state index is 5.47. The van der Waals surface area contributed by atoms with Gasteiger partial charge in [-0.1, -0.05) is 0 Å². The lowest BCUT2D eigenvalue weighted by Crippen LogP contribution is -2.48. The molecule has 1 saturated heterocycles. The summed E-state index contributed by atoms with van der Waals surface area (Å²) in [6.45, 7) is 2.78. The van der Waals surface area contributed by atoms with E-state index in [9.17, 15) is 0 Å². The van der Waals surface area contributed by atoms with Crippen molar-refractivity contribution in [1.82, 2.24) is 10.6 Å². The Hall–Kier alpha value is -2.41. The van der Waals surface area contributed by atoms with Crippen LogP contribution in [-0.2, 0) is 6.54 Å². The minimum atomic E-state index is 0.435. The number of piperidine rings is 1. The van der Waals surface area contributed by atoms with Gasteiger partial charge in [-0.2, -0.15) is 0 Å². The quantitative estimate of drug-likeness (QED) is 0.588. The molecule has 1 aromatic heterocycles. The summed E-state index contributed by atoms with van der Waals surface area (Å²) in [5.41, 5.74) is 1.06. The van der Waals surface area contributed by atoms with Gasteiger partial charge in [-0.3, -0.25) is 4.99 Å². The zero-order valence-corrected chi connectivity index (χ0v) is 17.0. The zero-order valence-electron chi connectivity index (χ0n) is 16.2. The Morgan fingerprint density at radius 2 is 2.04 bits per heavy atom. The Morgan fingerprint density at radius 3 is 2.67 bits per heavy atom. The van der Waals surface area contributed by atoms with Crippen molar-refractivity contribution in [2.45, 2.75) is 25.4 Å². The number of thiophene rings is 1. The number of guanidine groups is 1. The molecule has 2 N–H and O–H groups in total. The molecular weight excluding hydrogens is 360 g/mol. The van der Waals surface area contributed by atoms with Gasteiger partial charge in [0.05, 0.1) is 19.2 Å². The first-order valence-corrected chi connectivity index (χ1v) is 10.1. The molecule has 0 aliphatic carbocycles. The molecule has 1 aromatic carbocycles. The second kappa shape index (κ2) is 9.50. The lowest BCUT2D eigenvalue weighted by molar-refractivity contribution is 0.390. The Labute approximate surface area is 165 Å². The first-order valence-electron chi connectivity index (χ1n) is 9.20. The monoisotopic (exact) mass is 388 g/mol. The van der Waals surface area contributed by atoms with Crippen LogP contribution in [0, 0.1) is 0 Å². The fraction of sp³-hybridized carbons (Fsp3) is 0.450. The number of rotatable bonds is 6. The predicted molar refractivity (Wildman–Crippen MR) is 112 cm³/mol. The van der Waals surface area contributed by atoms with E-state index < -0.39 is 0 Å². The maximum Gasteiger partial charge on any atom is 0.191 e. The van der Waals surface area contributed by atoms with Crippen LogP contribution in [0.4, 0.5) is 5.00 Å². The summed E-state index contributed by atoms with van der Waals surface area (Å²) in [6, 6.07) is 10.6. The van der Waals surface area contributed by atoms with Gasteiger partial charge in [0, 0.05) is 44.4 Å². The third kappa shape index (κ3) is 5.07. The lowest BCUT2D eigenvalue weighted by atomic mass is 10.1. The van der Waals surface area contributed by atoms with Crippen LogP contribution in [0.2, 0.25) is 0 Å². The Bertz CT molecular complexity index is 740. The third-order valence-electron chi connectivity index (χ3n) is 4.82. The van der Waals surface area contributed by atoms with E-state index in [1.54, 1.807) is 21.3 Å². The van der Waals surface area contributed by atoms with Crippen LogP contribution in [0.1, 0.15) is 18.4 Å². The standard InChI is InChI=1S/C20H28N4O2S/c1-21-20(22-14-15-6-7-17(25-2)13-18(15)26-3)23-16-8-10-24(11-9-16)19-5-4-12-27-19/h4-7,12-13,16H,8-11,14H2,1-3H3,(H2,21,22,23). The molecule has 3 rings (SSSR count). The fourth-order valence-electron chi connectivity index (χ4n) is 3.26. The average Bonchev–Trinajstić information content (AvgIpc) is 3.26. The summed E-state index contributed by atoms with van der Waals surface area (Å²) in [4.78, 5) is 6.83. The van der Waals surface area contributed by atoms with E-state index in [0.717, 1.165) is 49.0 Å². The van der Waals surface area contributed by atoms with Crippen LogP contribution in [0.5, 0.6) is 11.5 Å². The SMILES string of the molecule is CN=C(NCc1ccc(OC)cc1OC)NC1CCN(c2cccs2)CC1. The number of aliphatic imine (C=N–C) groups is 1. The largest absolute Gasteiger partial charge is 0.497 e. The average molecular weight is 389 g/mol. The van der Waals surface area contributed by atoms with E-state index in [-0.39, 0.29) is 0 Å². The summed E-state index contributed by atoms with van der Waals surface area (Å²) in [5, 5.41) is 10.4. The summed E-state index contributed by atoms with van der Waals surface area (Å²) < 4.78 is 10.7. The van der Waals surface area contributed by atoms with Gasteiger partial charge in [0.1, 0.15) is 11.5 Å². The van der Waals surface area contributed by atoms with E-state index in [1.807, 2.05) is 29.5 Å². The topological polar surface area (TPSA) is 58.1 Å². The normalized spacial score (nSPS) is 15.5. The second-order valence-corrected chi connectivity index (χ2v) is 7.39. The predicted octanol–water partition coefficient (Wildman–Crippen LogP) is 3.10. The van der Waals surface area contributed by atoms with Crippen LogP contribution in [0.15, 0.2) is 40.7 Å². The zero-order chi connectivity index (χ0) is 19.1. The highest BCUT2D eigenvalue weighted by Crippen LogP contribution is 2.25. The van der Waals surface area contributed by atoms with Crippen molar-refractivity contribution in [1.29, 1.82) is 0 Å². The molecule has 7 heteroatoms. The summed E-state index contributed by atoms with van der Waals surface area (Å²) in [5.74, 6) is 2.42. The van der Waals surface area contributed by atoms with Gasteiger partial charge in [0.2, 0.25) is 0 Å². The number of hydrogen-bond donors (Lipinski definition) is 2. The van der Waals surface area contributed by atoms with Crippen molar-refractivity contribution in [2.75, 3.05) is 39.3 Å². The van der Waals surface area contributed by atoms with Crippen LogP contribution in [0.25, 0.3) is 0 Å². The Morgan fingerprint density at radius 1 is 1.22 bits per heavy atom. The van der Waals surface area contributed by atoms with Gasteiger partial charge in [-0.25, -0.2) is 0 Å². The number of ether oxygens (including phenoxy) is 2.